The molecule has 2 N–H and O–H groups in total. The molecule has 2 fully saturated rings. The van der Waals surface area contributed by atoms with E-state index in [9.17, 15) is 4.79 Å². The first kappa shape index (κ1) is 20.5. The lowest BCUT2D eigenvalue weighted by Crippen LogP contribution is -2.40. The number of guanidine groups is 1. The molecule has 0 aromatic carbocycles. The second-order valence-electron chi connectivity index (χ2n) is 7.15. The number of nitrogens with one attached hydrogen (secondary N) is 2. The van der Waals surface area contributed by atoms with Crippen molar-refractivity contribution in [1.29, 1.82) is 0 Å². The Balaban J connectivity index is 0.00000264. The van der Waals surface area contributed by atoms with Crippen LogP contribution in [0.1, 0.15) is 52.4 Å². The second-order valence-corrected chi connectivity index (χ2v) is 7.15. The van der Waals surface area contributed by atoms with Gasteiger partial charge in [-0.3, -0.25) is 9.79 Å². The summed E-state index contributed by atoms with van der Waals surface area (Å²) in [4.78, 5) is 18.4. The lowest BCUT2D eigenvalue weighted by molar-refractivity contribution is -0.121. The summed E-state index contributed by atoms with van der Waals surface area (Å²) in [6.07, 6.45) is 6.35. The molecule has 0 aromatic rings. The van der Waals surface area contributed by atoms with Gasteiger partial charge in [0, 0.05) is 39.1 Å². The summed E-state index contributed by atoms with van der Waals surface area (Å²) < 4.78 is 0. The van der Waals surface area contributed by atoms with Crippen LogP contribution in [0.5, 0.6) is 0 Å². The van der Waals surface area contributed by atoms with Crippen molar-refractivity contribution >= 4 is 35.8 Å². The Kier molecular flexibility index (Phi) is 9.24. The molecule has 0 spiro atoms. The Morgan fingerprint density at radius 2 is 2.04 bits per heavy atom. The van der Waals surface area contributed by atoms with E-state index >= 15 is 0 Å². The summed E-state index contributed by atoms with van der Waals surface area (Å²) in [5.41, 5.74) is 0. The van der Waals surface area contributed by atoms with Gasteiger partial charge in [-0.1, -0.05) is 13.8 Å². The zero-order valence-corrected chi connectivity index (χ0v) is 17.1. The standard InChI is InChI=1S/C17H32N4O.HI/c1-13(2)11-14-8-10-21(12-14)17(18-3)19-9-4-5-16(22)20-15-6-7-15;/h13-15H,4-12H2,1-3H3,(H,18,19)(H,20,22);1H. The molecule has 1 heterocycles. The number of hydrogen-bond donors (Lipinski definition) is 2. The minimum Gasteiger partial charge on any atom is -0.356 e. The van der Waals surface area contributed by atoms with Crippen LogP contribution in [0.25, 0.3) is 0 Å². The van der Waals surface area contributed by atoms with Crippen molar-refractivity contribution in [3.05, 3.63) is 0 Å². The summed E-state index contributed by atoms with van der Waals surface area (Å²) in [5.74, 6) is 2.75. The summed E-state index contributed by atoms with van der Waals surface area (Å²) in [7, 11) is 1.85. The van der Waals surface area contributed by atoms with E-state index in [4.69, 9.17) is 0 Å². The molecule has 2 aliphatic rings. The second kappa shape index (κ2) is 10.4. The van der Waals surface area contributed by atoms with Gasteiger partial charge in [-0.2, -0.15) is 0 Å². The van der Waals surface area contributed by atoms with Gasteiger partial charge >= 0.3 is 0 Å². The Morgan fingerprint density at radius 1 is 1.30 bits per heavy atom. The van der Waals surface area contributed by atoms with Crippen LogP contribution in [0.2, 0.25) is 0 Å². The van der Waals surface area contributed by atoms with Gasteiger partial charge in [-0.05, 0) is 43.9 Å². The zero-order valence-electron chi connectivity index (χ0n) is 14.8. The highest BCUT2D eigenvalue weighted by atomic mass is 127. The molecule has 1 saturated carbocycles. The van der Waals surface area contributed by atoms with E-state index in [0.29, 0.717) is 12.5 Å². The van der Waals surface area contributed by atoms with Crippen molar-refractivity contribution in [3.8, 4) is 0 Å². The summed E-state index contributed by atoms with van der Waals surface area (Å²) in [6, 6.07) is 0.468. The van der Waals surface area contributed by atoms with E-state index in [2.05, 4.69) is 34.4 Å². The molecule has 1 atom stereocenters. The fourth-order valence-corrected chi connectivity index (χ4v) is 3.19. The van der Waals surface area contributed by atoms with Crippen LogP contribution in [-0.4, -0.2) is 49.5 Å². The minimum atomic E-state index is 0. The zero-order chi connectivity index (χ0) is 15.9. The van der Waals surface area contributed by atoms with Crippen LogP contribution in [0.15, 0.2) is 4.99 Å². The number of rotatable bonds is 7. The Hall–Kier alpha value is -0.530. The van der Waals surface area contributed by atoms with Crippen LogP contribution in [0.4, 0.5) is 0 Å². The Morgan fingerprint density at radius 3 is 2.65 bits per heavy atom. The average molecular weight is 436 g/mol. The van der Waals surface area contributed by atoms with Gasteiger partial charge in [0.15, 0.2) is 5.96 Å². The van der Waals surface area contributed by atoms with Crippen LogP contribution < -0.4 is 10.6 Å². The highest BCUT2D eigenvalue weighted by molar-refractivity contribution is 14.0. The van der Waals surface area contributed by atoms with E-state index in [1.807, 2.05) is 7.05 Å². The fraction of sp³-hybridized carbons (Fsp3) is 0.882. The van der Waals surface area contributed by atoms with Crippen molar-refractivity contribution < 1.29 is 4.79 Å². The van der Waals surface area contributed by atoms with Crippen molar-refractivity contribution in [2.45, 2.75) is 58.4 Å². The molecule has 0 bridgehead atoms. The third-order valence-corrected chi connectivity index (χ3v) is 4.41. The number of nitrogens with zero attached hydrogens (tertiary/aromatic N) is 2. The molecule has 5 nitrogen and oxygen atoms in total. The first-order valence-corrected chi connectivity index (χ1v) is 8.83. The van der Waals surface area contributed by atoms with Crippen LogP contribution in [0.3, 0.4) is 0 Å². The van der Waals surface area contributed by atoms with Gasteiger partial charge in [0.05, 0.1) is 0 Å². The number of likely N-dealkylation sites (tertiary alicyclic amines) is 1. The maximum Gasteiger partial charge on any atom is 0.220 e. The Labute approximate surface area is 158 Å². The maximum absolute atomic E-state index is 11.6. The molecule has 1 saturated heterocycles. The molecule has 0 radical (unpaired) electrons. The van der Waals surface area contributed by atoms with Gasteiger partial charge in [-0.15, -0.1) is 24.0 Å². The minimum absolute atomic E-state index is 0. The predicted molar refractivity (Wildman–Crippen MR) is 106 cm³/mol. The monoisotopic (exact) mass is 436 g/mol. The molecule has 6 heteroatoms. The summed E-state index contributed by atoms with van der Waals surface area (Å²) in [5, 5.41) is 6.43. The van der Waals surface area contributed by atoms with Crippen molar-refractivity contribution in [2.24, 2.45) is 16.8 Å². The predicted octanol–water partition coefficient (Wildman–Crippen LogP) is 2.61. The van der Waals surface area contributed by atoms with Gasteiger partial charge in [-0.25, -0.2) is 0 Å². The maximum atomic E-state index is 11.6. The Bertz CT molecular complexity index is 396. The normalized spacial score (nSPS) is 21.3. The number of halogens is 1. The van der Waals surface area contributed by atoms with Crippen molar-refractivity contribution in [3.63, 3.8) is 0 Å². The molecule has 1 aliphatic carbocycles. The van der Waals surface area contributed by atoms with E-state index in [-0.39, 0.29) is 29.9 Å². The third-order valence-electron chi connectivity index (χ3n) is 4.41. The van der Waals surface area contributed by atoms with E-state index < -0.39 is 0 Å². The van der Waals surface area contributed by atoms with Gasteiger partial charge in [0.1, 0.15) is 0 Å². The van der Waals surface area contributed by atoms with E-state index in [1.165, 1.54) is 12.8 Å². The number of carbonyl (C=O) groups excluding carboxylic acids is 1. The molecule has 23 heavy (non-hydrogen) atoms. The fourth-order valence-electron chi connectivity index (χ4n) is 3.19. The molecule has 1 unspecified atom stereocenters. The smallest absolute Gasteiger partial charge is 0.220 e. The lowest BCUT2D eigenvalue weighted by atomic mass is 9.97. The quantitative estimate of drug-likeness (QED) is 0.279. The molecule has 2 rings (SSSR count). The highest BCUT2D eigenvalue weighted by Gasteiger charge is 2.25. The number of amides is 1. The average Bonchev–Trinajstić information content (AvgIpc) is 3.16. The summed E-state index contributed by atoms with van der Waals surface area (Å²) >= 11 is 0. The lowest BCUT2D eigenvalue weighted by Gasteiger charge is -2.22. The largest absolute Gasteiger partial charge is 0.356 e. The highest BCUT2D eigenvalue weighted by Crippen LogP contribution is 2.23. The SMILES string of the molecule is CN=C(NCCCC(=O)NC1CC1)N1CCC(CC(C)C)C1.I. The van der Waals surface area contributed by atoms with Crippen LogP contribution in [-0.2, 0) is 4.79 Å². The van der Waals surface area contributed by atoms with Gasteiger partial charge in [0.25, 0.3) is 0 Å². The molecular weight excluding hydrogens is 403 g/mol. The van der Waals surface area contributed by atoms with Crippen molar-refractivity contribution in [1.82, 2.24) is 15.5 Å². The molecular formula is C17H33IN4O. The molecule has 134 valence electrons. The third kappa shape index (κ3) is 7.72. The van der Waals surface area contributed by atoms with Crippen LogP contribution in [0, 0.1) is 11.8 Å². The molecule has 0 aromatic heterocycles. The number of hydrogen-bond acceptors (Lipinski definition) is 2. The summed E-state index contributed by atoms with van der Waals surface area (Å²) in [6.45, 7) is 7.61. The number of aliphatic imine (C=N–C) groups is 1. The van der Waals surface area contributed by atoms with E-state index in [1.54, 1.807) is 0 Å². The molecule has 1 amide bonds. The first-order valence-electron chi connectivity index (χ1n) is 8.83. The topological polar surface area (TPSA) is 56.7 Å². The van der Waals surface area contributed by atoms with Gasteiger partial charge in [0.2, 0.25) is 5.91 Å². The number of carbonyl (C=O) groups is 1. The van der Waals surface area contributed by atoms with Gasteiger partial charge < -0.3 is 15.5 Å². The van der Waals surface area contributed by atoms with E-state index in [0.717, 1.165) is 56.7 Å². The molecule has 1 aliphatic heterocycles. The first-order chi connectivity index (χ1) is 10.6. The van der Waals surface area contributed by atoms with Crippen LogP contribution >= 0.6 is 24.0 Å². The van der Waals surface area contributed by atoms with Crippen molar-refractivity contribution in [2.75, 3.05) is 26.7 Å².